The molecule has 0 spiro atoms. The van der Waals surface area contributed by atoms with Crippen molar-refractivity contribution < 1.29 is 5.03 Å². The molecule has 6 heteroatoms. The predicted octanol–water partition coefficient (Wildman–Crippen LogP) is 2.10. The van der Waals surface area contributed by atoms with Crippen molar-refractivity contribution in [3.8, 4) is 11.3 Å². The second kappa shape index (κ2) is 4.58. The molecule has 3 rings (SSSR count). The van der Waals surface area contributed by atoms with E-state index in [2.05, 4.69) is 5.10 Å². The van der Waals surface area contributed by atoms with E-state index in [-0.39, 0.29) is 10.2 Å². The molecule has 0 aliphatic carbocycles. The fourth-order valence-electron chi connectivity index (χ4n) is 2.10. The van der Waals surface area contributed by atoms with Crippen LogP contribution in [-0.2, 0) is 0 Å². The van der Waals surface area contributed by atoms with E-state index in [1.165, 1.54) is 0 Å². The van der Waals surface area contributed by atoms with Gasteiger partial charge in [0, 0.05) is 10.9 Å². The van der Waals surface area contributed by atoms with E-state index in [0.717, 1.165) is 5.56 Å². The number of hydrogen-bond acceptors (Lipinski definition) is 4. The maximum absolute atomic E-state index is 12.0. The largest absolute Gasteiger partial charge is 0.341 e. The highest BCUT2D eigenvalue weighted by molar-refractivity contribution is 5.93. The normalized spacial score (nSPS) is 10.6. The number of fused-ring (bicyclic) bond motifs is 1. The molecule has 98 valence electrons. The van der Waals surface area contributed by atoms with Gasteiger partial charge in [0.15, 0.2) is 0 Å². The molecule has 0 saturated carbocycles. The highest BCUT2D eigenvalue weighted by atomic mass is 16.7. The first-order chi connectivity index (χ1) is 9.68. The zero-order valence-corrected chi connectivity index (χ0v) is 10.3. The molecule has 0 atom stereocenters. The molecule has 3 aromatic rings. The lowest BCUT2D eigenvalue weighted by molar-refractivity contribution is -0.555. The Morgan fingerprint density at radius 1 is 0.950 bits per heavy atom. The van der Waals surface area contributed by atoms with Crippen molar-refractivity contribution in [1.29, 1.82) is 0 Å². The van der Waals surface area contributed by atoms with Gasteiger partial charge in [0.05, 0.1) is 20.3 Å². The van der Waals surface area contributed by atoms with Gasteiger partial charge >= 0.3 is 5.56 Å². The zero-order valence-electron chi connectivity index (χ0n) is 10.3. The van der Waals surface area contributed by atoms with Crippen molar-refractivity contribution >= 4 is 10.8 Å². The first-order valence-electron chi connectivity index (χ1n) is 5.90. The summed E-state index contributed by atoms with van der Waals surface area (Å²) in [5.74, 6) is 0. The number of benzene rings is 2. The molecular weight excluding hydrogens is 258 g/mol. The standard InChI is InChI=1S/C14H9N3O3/c18-14-12-9-5-4-8-11(12)13(15-16(14)17(19)20)10-6-2-1-3-7-10/h1-9H. The van der Waals surface area contributed by atoms with Crippen LogP contribution >= 0.6 is 0 Å². The minimum Gasteiger partial charge on any atom is -0.339 e. The highest BCUT2D eigenvalue weighted by Crippen LogP contribution is 2.23. The summed E-state index contributed by atoms with van der Waals surface area (Å²) in [6.45, 7) is 0. The Kier molecular flexibility index (Phi) is 2.76. The lowest BCUT2D eigenvalue weighted by atomic mass is 10.1. The molecule has 0 aliphatic heterocycles. The summed E-state index contributed by atoms with van der Waals surface area (Å²) in [7, 11) is 0. The molecule has 0 saturated heterocycles. The Labute approximate surface area is 113 Å². The van der Waals surface area contributed by atoms with E-state index in [9.17, 15) is 14.9 Å². The maximum Gasteiger partial charge on any atom is 0.341 e. The number of aromatic nitrogens is 2. The van der Waals surface area contributed by atoms with Crippen LogP contribution < -0.4 is 5.56 Å². The van der Waals surface area contributed by atoms with E-state index in [0.29, 0.717) is 11.1 Å². The van der Waals surface area contributed by atoms with Crippen LogP contribution in [0.15, 0.2) is 59.4 Å². The molecule has 1 aromatic heterocycles. The minimum absolute atomic E-state index is 0.276. The van der Waals surface area contributed by atoms with Crippen LogP contribution in [0.25, 0.3) is 22.0 Å². The van der Waals surface area contributed by atoms with E-state index >= 15 is 0 Å². The van der Waals surface area contributed by atoms with Gasteiger partial charge in [0.1, 0.15) is 0 Å². The fourth-order valence-corrected chi connectivity index (χ4v) is 2.10. The van der Waals surface area contributed by atoms with Crippen LogP contribution in [-0.4, -0.2) is 14.9 Å². The molecule has 2 aromatic carbocycles. The zero-order chi connectivity index (χ0) is 14.1. The number of rotatable bonds is 2. The molecule has 0 unspecified atom stereocenters. The van der Waals surface area contributed by atoms with Crippen LogP contribution in [0.3, 0.4) is 0 Å². The van der Waals surface area contributed by atoms with E-state index < -0.39 is 10.6 Å². The van der Waals surface area contributed by atoms with Gasteiger partial charge in [-0.25, -0.2) is 0 Å². The summed E-state index contributed by atoms with van der Waals surface area (Å²) < 4.78 is 0. The molecule has 20 heavy (non-hydrogen) atoms. The second-order valence-electron chi connectivity index (χ2n) is 4.19. The number of nitro groups is 1. The van der Waals surface area contributed by atoms with Gasteiger partial charge < -0.3 is 10.1 Å². The van der Waals surface area contributed by atoms with Gasteiger partial charge in [0.25, 0.3) is 0 Å². The predicted molar refractivity (Wildman–Crippen MR) is 73.8 cm³/mol. The van der Waals surface area contributed by atoms with Gasteiger partial charge in [-0.3, -0.25) is 4.79 Å². The average molecular weight is 267 g/mol. The van der Waals surface area contributed by atoms with Gasteiger partial charge in [0.2, 0.25) is 5.69 Å². The van der Waals surface area contributed by atoms with Crippen molar-refractivity contribution in [2.45, 2.75) is 0 Å². The molecule has 0 N–H and O–H groups in total. The topological polar surface area (TPSA) is 78.0 Å². The molecule has 0 aliphatic rings. The first kappa shape index (κ1) is 12.0. The van der Waals surface area contributed by atoms with Gasteiger partial charge in [-0.15, -0.1) is 0 Å². The van der Waals surface area contributed by atoms with Crippen LogP contribution in [0.4, 0.5) is 0 Å². The molecule has 0 amide bonds. The monoisotopic (exact) mass is 267 g/mol. The fraction of sp³-hybridized carbons (Fsp3) is 0. The third-order valence-electron chi connectivity index (χ3n) is 2.99. The van der Waals surface area contributed by atoms with Crippen LogP contribution in [0.1, 0.15) is 0 Å². The van der Waals surface area contributed by atoms with Gasteiger partial charge in [-0.05, 0) is 12.1 Å². The molecule has 0 bridgehead atoms. The van der Waals surface area contributed by atoms with Crippen molar-refractivity contribution in [3.05, 3.63) is 75.1 Å². The van der Waals surface area contributed by atoms with Crippen molar-refractivity contribution in [3.63, 3.8) is 0 Å². The summed E-state index contributed by atoms with van der Waals surface area (Å²) in [5, 5.41) is 14.9. The summed E-state index contributed by atoms with van der Waals surface area (Å²) in [5.41, 5.74) is 0.405. The lowest BCUT2D eigenvalue weighted by Gasteiger charge is -2.03. The summed E-state index contributed by atoms with van der Waals surface area (Å²) >= 11 is 0. The van der Waals surface area contributed by atoms with Gasteiger partial charge in [-0.1, -0.05) is 42.5 Å². The average Bonchev–Trinajstić information content (AvgIpc) is 2.48. The molecule has 1 heterocycles. The molecule has 0 fully saturated rings. The summed E-state index contributed by atoms with van der Waals surface area (Å²) in [4.78, 5) is 23.2. The van der Waals surface area contributed by atoms with Crippen molar-refractivity contribution in [1.82, 2.24) is 9.89 Å². The van der Waals surface area contributed by atoms with E-state index in [1.807, 2.05) is 18.2 Å². The molecule has 6 nitrogen and oxygen atoms in total. The quantitative estimate of drug-likeness (QED) is 0.526. The SMILES string of the molecule is O=c1c2ccccc2c(-c2ccccc2)nn1[N+](=O)[O-]. The van der Waals surface area contributed by atoms with Crippen LogP contribution in [0.2, 0.25) is 0 Å². The number of nitrogens with zero attached hydrogens (tertiary/aromatic N) is 3. The second-order valence-corrected chi connectivity index (χ2v) is 4.19. The Balaban J connectivity index is 2.46. The maximum atomic E-state index is 12.0. The van der Waals surface area contributed by atoms with Crippen LogP contribution in [0.5, 0.6) is 0 Å². The van der Waals surface area contributed by atoms with Crippen LogP contribution in [0, 0.1) is 10.1 Å². The van der Waals surface area contributed by atoms with Crippen molar-refractivity contribution in [2.24, 2.45) is 0 Å². The minimum atomic E-state index is -0.818. The Morgan fingerprint density at radius 2 is 1.55 bits per heavy atom. The van der Waals surface area contributed by atoms with E-state index in [4.69, 9.17) is 0 Å². The summed E-state index contributed by atoms with van der Waals surface area (Å²) in [6.07, 6.45) is 0. The smallest absolute Gasteiger partial charge is 0.339 e. The highest BCUT2D eigenvalue weighted by Gasteiger charge is 2.19. The van der Waals surface area contributed by atoms with Gasteiger partial charge in [-0.2, -0.15) is 0 Å². The number of hydrogen-bond donors (Lipinski definition) is 0. The Bertz CT molecular complexity index is 856. The summed E-state index contributed by atoms with van der Waals surface area (Å²) in [6, 6.07) is 15.8. The third-order valence-corrected chi connectivity index (χ3v) is 2.99. The van der Waals surface area contributed by atoms with Crippen molar-refractivity contribution in [2.75, 3.05) is 0 Å². The molecular formula is C14H9N3O3. The Morgan fingerprint density at radius 3 is 2.20 bits per heavy atom. The molecule has 0 radical (unpaired) electrons. The lowest BCUT2D eigenvalue weighted by Crippen LogP contribution is -2.29. The third kappa shape index (κ3) is 1.83. The first-order valence-corrected chi connectivity index (χ1v) is 5.90. The van der Waals surface area contributed by atoms with E-state index in [1.54, 1.807) is 36.4 Å². The Hall–Kier alpha value is -3.02.